The van der Waals surface area contributed by atoms with Gasteiger partial charge in [0.2, 0.25) is 0 Å². The summed E-state index contributed by atoms with van der Waals surface area (Å²) in [6.07, 6.45) is 4.11. The van der Waals surface area contributed by atoms with E-state index in [0.717, 1.165) is 12.2 Å². The third-order valence-electron chi connectivity index (χ3n) is 4.62. The van der Waals surface area contributed by atoms with Crippen molar-refractivity contribution in [2.75, 3.05) is 19.8 Å². The van der Waals surface area contributed by atoms with Crippen LogP contribution in [0.3, 0.4) is 0 Å². The Kier molecular flexibility index (Phi) is 3.86. The van der Waals surface area contributed by atoms with Gasteiger partial charge < -0.3 is 18.8 Å². The molecule has 6 nitrogen and oxygen atoms in total. The van der Waals surface area contributed by atoms with Gasteiger partial charge in [-0.15, -0.1) is 0 Å². The second-order valence-corrected chi connectivity index (χ2v) is 6.50. The number of hydrogen-bond donors (Lipinski definition) is 0. The van der Waals surface area contributed by atoms with Gasteiger partial charge >= 0.3 is 5.97 Å². The van der Waals surface area contributed by atoms with Crippen molar-refractivity contribution in [2.24, 2.45) is 0 Å². The van der Waals surface area contributed by atoms with E-state index < -0.39 is 5.60 Å². The van der Waals surface area contributed by atoms with Gasteiger partial charge in [0.05, 0.1) is 44.5 Å². The van der Waals surface area contributed by atoms with Gasteiger partial charge in [-0.2, -0.15) is 0 Å². The van der Waals surface area contributed by atoms with E-state index in [0.29, 0.717) is 25.3 Å². The molecule has 2 aliphatic rings. The summed E-state index contributed by atoms with van der Waals surface area (Å²) in [4.78, 5) is 16.8. The SMILES string of the molecule is CC(c1ccccc1)n1cncc1C(=O)OC1(CC2CO2)COC1. The monoisotopic (exact) mass is 328 g/mol. The Morgan fingerprint density at radius 1 is 1.42 bits per heavy atom. The van der Waals surface area contributed by atoms with E-state index in [9.17, 15) is 4.79 Å². The van der Waals surface area contributed by atoms with Crippen molar-refractivity contribution < 1.29 is 19.0 Å². The van der Waals surface area contributed by atoms with E-state index in [-0.39, 0.29) is 18.1 Å². The molecular weight excluding hydrogens is 308 g/mol. The van der Waals surface area contributed by atoms with Crippen molar-refractivity contribution in [1.82, 2.24) is 9.55 Å². The largest absolute Gasteiger partial charge is 0.449 e. The lowest BCUT2D eigenvalue weighted by Gasteiger charge is -2.40. The van der Waals surface area contributed by atoms with Crippen LogP contribution in [0.4, 0.5) is 0 Å². The second-order valence-electron chi connectivity index (χ2n) is 6.50. The van der Waals surface area contributed by atoms with Crippen molar-refractivity contribution in [3.05, 3.63) is 54.1 Å². The van der Waals surface area contributed by atoms with Gasteiger partial charge in [0.1, 0.15) is 5.69 Å². The average molecular weight is 328 g/mol. The third-order valence-corrected chi connectivity index (χ3v) is 4.62. The van der Waals surface area contributed by atoms with E-state index in [1.807, 2.05) is 41.8 Å². The summed E-state index contributed by atoms with van der Waals surface area (Å²) in [7, 11) is 0. The Balaban J connectivity index is 1.52. The summed E-state index contributed by atoms with van der Waals surface area (Å²) in [5.74, 6) is -0.362. The number of imidazole rings is 1. The molecule has 0 aliphatic carbocycles. The van der Waals surface area contributed by atoms with Gasteiger partial charge in [0.15, 0.2) is 5.60 Å². The van der Waals surface area contributed by atoms with E-state index >= 15 is 0 Å². The summed E-state index contributed by atoms with van der Waals surface area (Å²) in [5, 5.41) is 0. The van der Waals surface area contributed by atoms with Crippen LogP contribution in [0.2, 0.25) is 0 Å². The van der Waals surface area contributed by atoms with Crippen LogP contribution in [0, 0.1) is 0 Å². The Labute approximate surface area is 140 Å². The lowest BCUT2D eigenvalue weighted by Crippen LogP contribution is -2.54. The molecule has 126 valence electrons. The Hall–Kier alpha value is -2.18. The maximum absolute atomic E-state index is 12.7. The number of hydrogen-bond acceptors (Lipinski definition) is 5. The molecule has 0 saturated carbocycles. The molecule has 3 heterocycles. The molecule has 4 rings (SSSR count). The molecule has 0 amide bonds. The Morgan fingerprint density at radius 2 is 2.17 bits per heavy atom. The van der Waals surface area contributed by atoms with Crippen molar-refractivity contribution in [2.45, 2.75) is 31.1 Å². The quantitative estimate of drug-likeness (QED) is 0.601. The molecule has 2 fully saturated rings. The maximum atomic E-state index is 12.7. The fourth-order valence-corrected chi connectivity index (χ4v) is 3.06. The fraction of sp³-hybridized carbons (Fsp3) is 0.444. The van der Waals surface area contributed by atoms with Gasteiger partial charge in [-0.05, 0) is 12.5 Å². The first-order valence-electron chi connectivity index (χ1n) is 8.16. The first-order chi connectivity index (χ1) is 11.7. The summed E-state index contributed by atoms with van der Waals surface area (Å²) in [6, 6.07) is 10.0. The van der Waals surface area contributed by atoms with Crippen molar-refractivity contribution in [1.29, 1.82) is 0 Å². The summed E-state index contributed by atoms with van der Waals surface area (Å²) < 4.78 is 18.2. The Morgan fingerprint density at radius 3 is 2.79 bits per heavy atom. The number of epoxide rings is 1. The number of nitrogens with zero attached hydrogens (tertiary/aromatic N) is 2. The topological polar surface area (TPSA) is 65.9 Å². The number of rotatable bonds is 6. The van der Waals surface area contributed by atoms with E-state index in [4.69, 9.17) is 14.2 Å². The van der Waals surface area contributed by atoms with E-state index in [1.165, 1.54) is 0 Å². The normalized spacial score (nSPS) is 22.5. The molecule has 2 aromatic rings. The van der Waals surface area contributed by atoms with Gasteiger partial charge in [0, 0.05) is 6.42 Å². The lowest BCUT2D eigenvalue weighted by molar-refractivity contribution is -0.185. The van der Waals surface area contributed by atoms with Crippen LogP contribution in [0.1, 0.15) is 35.4 Å². The maximum Gasteiger partial charge on any atom is 0.357 e. The smallest absolute Gasteiger partial charge is 0.357 e. The molecule has 24 heavy (non-hydrogen) atoms. The number of ether oxygens (including phenoxy) is 3. The van der Waals surface area contributed by atoms with Crippen molar-refractivity contribution in [3.63, 3.8) is 0 Å². The van der Waals surface area contributed by atoms with Crippen LogP contribution in [-0.4, -0.2) is 47.0 Å². The zero-order valence-corrected chi connectivity index (χ0v) is 13.6. The molecule has 6 heteroatoms. The number of carbonyl (C=O) groups is 1. The molecule has 0 spiro atoms. The summed E-state index contributed by atoms with van der Waals surface area (Å²) in [5.41, 5.74) is 1.01. The molecule has 0 radical (unpaired) electrons. The summed E-state index contributed by atoms with van der Waals surface area (Å²) in [6.45, 7) is 3.64. The minimum absolute atomic E-state index is 0.00314. The van der Waals surface area contributed by atoms with Gasteiger partial charge in [-0.25, -0.2) is 9.78 Å². The number of aromatic nitrogens is 2. The van der Waals surface area contributed by atoms with Crippen LogP contribution in [0.15, 0.2) is 42.9 Å². The highest BCUT2D eigenvalue weighted by Crippen LogP contribution is 2.33. The molecule has 2 saturated heterocycles. The zero-order valence-electron chi connectivity index (χ0n) is 13.6. The molecule has 2 unspecified atom stereocenters. The number of esters is 1. The highest BCUT2D eigenvalue weighted by atomic mass is 16.6. The zero-order chi connectivity index (χ0) is 16.6. The van der Waals surface area contributed by atoms with Gasteiger partial charge in [0.25, 0.3) is 0 Å². The average Bonchev–Trinajstić information content (AvgIpc) is 3.24. The minimum Gasteiger partial charge on any atom is -0.449 e. The highest BCUT2D eigenvalue weighted by Gasteiger charge is 2.47. The second kappa shape index (κ2) is 6.03. The van der Waals surface area contributed by atoms with Crippen molar-refractivity contribution in [3.8, 4) is 0 Å². The van der Waals surface area contributed by atoms with Crippen LogP contribution in [0.25, 0.3) is 0 Å². The molecule has 1 aromatic carbocycles. The first-order valence-corrected chi connectivity index (χ1v) is 8.16. The lowest BCUT2D eigenvalue weighted by atomic mass is 9.95. The Bertz CT molecular complexity index is 720. The molecule has 0 N–H and O–H groups in total. The standard InChI is InChI=1S/C18H20N2O4/c1-13(14-5-3-2-4-6-14)20-12-19-8-16(20)17(21)24-18(10-22-11-18)7-15-9-23-15/h2-6,8,12-13,15H,7,9-11H2,1H3. The van der Waals surface area contributed by atoms with Crippen LogP contribution in [0.5, 0.6) is 0 Å². The van der Waals surface area contributed by atoms with Gasteiger partial charge in [-0.1, -0.05) is 30.3 Å². The van der Waals surface area contributed by atoms with Crippen molar-refractivity contribution >= 4 is 5.97 Å². The molecule has 2 aliphatic heterocycles. The molecular formula is C18H20N2O4. The number of benzene rings is 1. The molecule has 2 atom stereocenters. The number of carbonyl (C=O) groups excluding carboxylic acids is 1. The highest BCUT2D eigenvalue weighted by molar-refractivity contribution is 5.87. The van der Waals surface area contributed by atoms with Crippen LogP contribution < -0.4 is 0 Å². The van der Waals surface area contributed by atoms with E-state index in [2.05, 4.69) is 4.98 Å². The van der Waals surface area contributed by atoms with Crippen LogP contribution >= 0.6 is 0 Å². The van der Waals surface area contributed by atoms with E-state index in [1.54, 1.807) is 12.5 Å². The predicted octanol–water partition coefficient (Wildman–Crippen LogP) is 2.21. The fourth-order valence-electron chi connectivity index (χ4n) is 3.06. The first kappa shape index (κ1) is 15.4. The minimum atomic E-state index is -0.552. The third kappa shape index (κ3) is 2.95. The van der Waals surface area contributed by atoms with Gasteiger partial charge in [-0.3, -0.25) is 0 Å². The molecule has 0 bridgehead atoms. The molecule has 1 aromatic heterocycles. The van der Waals surface area contributed by atoms with Crippen LogP contribution in [-0.2, 0) is 14.2 Å². The predicted molar refractivity (Wildman–Crippen MR) is 85.8 cm³/mol. The summed E-state index contributed by atoms with van der Waals surface area (Å²) >= 11 is 0.